The van der Waals surface area contributed by atoms with Crippen molar-refractivity contribution in [1.29, 1.82) is 0 Å². The van der Waals surface area contributed by atoms with Gasteiger partial charge < -0.3 is 14.4 Å². The molecule has 0 spiro atoms. The second-order valence-corrected chi connectivity index (χ2v) is 6.49. The number of carbonyl (C=O) groups excluding carboxylic acids is 1. The van der Waals surface area contributed by atoms with Crippen LogP contribution >= 0.6 is 0 Å². The summed E-state index contributed by atoms with van der Waals surface area (Å²) < 4.78 is 38.6. The largest absolute Gasteiger partial charge is 0.467 e. The number of piperidine rings is 1. The number of ether oxygens (including phenoxy) is 2. The molecule has 1 atom stereocenters. The SMILES string of the molecule is COc1ncc(C2CN(C(=O)OC(C)(C)C)CCC2(F)F)cn1. The van der Waals surface area contributed by atoms with Crippen molar-refractivity contribution in [2.24, 2.45) is 0 Å². The van der Waals surface area contributed by atoms with Gasteiger partial charge in [-0.25, -0.2) is 23.5 Å². The Kier molecular flexibility index (Phi) is 4.72. The van der Waals surface area contributed by atoms with Crippen molar-refractivity contribution in [1.82, 2.24) is 14.9 Å². The van der Waals surface area contributed by atoms with Crippen LogP contribution in [0.15, 0.2) is 12.4 Å². The Morgan fingerprint density at radius 3 is 2.48 bits per heavy atom. The maximum absolute atomic E-state index is 14.2. The molecule has 1 fully saturated rings. The van der Waals surface area contributed by atoms with Crippen LogP contribution in [0.4, 0.5) is 13.6 Å². The number of hydrogen-bond donors (Lipinski definition) is 0. The van der Waals surface area contributed by atoms with Gasteiger partial charge in [0.25, 0.3) is 5.92 Å². The lowest BCUT2D eigenvalue weighted by Gasteiger charge is -2.38. The van der Waals surface area contributed by atoms with Gasteiger partial charge in [0, 0.05) is 31.9 Å². The molecule has 1 aromatic rings. The predicted molar refractivity (Wildman–Crippen MR) is 78.7 cm³/mol. The summed E-state index contributed by atoms with van der Waals surface area (Å²) in [5, 5.41) is 0. The fraction of sp³-hybridized carbons (Fsp3) is 0.667. The molecule has 1 aliphatic rings. The Labute approximate surface area is 133 Å². The summed E-state index contributed by atoms with van der Waals surface area (Å²) in [6, 6.07) is 0.108. The van der Waals surface area contributed by atoms with Crippen molar-refractivity contribution >= 4 is 6.09 Å². The van der Waals surface area contributed by atoms with Gasteiger partial charge in [0.05, 0.1) is 13.0 Å². The summed E-state index contributed by atoms with van der Waals surface area (Å²) in [4.78, 5) is 21.1. The lowest BCUT2D eigenvalue weighted by atomic mass is 9.89. The molecule has 1 aliphatic heterocycles. The first-order valence-electron chi connectivity index (χ1n) is 7.34. The zero-order valence-electron chi connectivity index (χ0n) is 13.7. The standard InChI is InChI=1S/C15H21F2N3O3/c1-14(2,3)23-13(21)20-6-5-15(16,17)11(9-20)10-7-18-12(22-4)19-8-10/h7-8,11H,5-6,9H2,1-4H3. The molecule has 0 N–H and O–H groups in total. The van der Waals surface area contributed by atoms with Crippen molar-refractivity contribution in [2.45, 2.75) is 44.6 Å². The van der Waals surface area contributed by atoms with E-state index in [0.717, 1.165) is 0 Å². The van der Waals surface area contributed by atoms with E-state index in [1.165, 1.54) is 24.4 Å². The summed E-state index contributed by atoms with van der Waals surface area (Å²) in [6.07, 6.45) is 1.60. The zero-order chi connectivity index (χ0) is 17.3. The summed E-state index contributed by atoms with van der Waals surface area (Å²) in [5.41, 5.74) is -0.403. The molecule has 23 heavy (non-hydrogen) atoms. The van der Waals surface area contributed by atoms with Crippen molar-refractivity contribution in [3.8, 4) is 6.01 Å². The molecule has 2 heterocycles. The monoisotopic (exact) mass is 329 g/mol. The molecule has 0 bridgehead atoms. The number of rotatable bonds is 2. The van der Waals surface area contributed by atoms with Gasteiger partial charge in [0.1, 0.15) is 5.60 Å². The van der Waals surface area contributed by atoms with Gasteiger partial charge in [0.2, 0.25) is 0 Å². The lowest BCUT2D eigenvalue weighted by Crippen LogP contribution is -2.49. The van der Waals surface area contributed by atoms with E-state index in [9.17, 15) is 13.6 Å². The van der Waals surface area contributed by atoms with E-state index >= 15 is 0 Å². The molecule has 0 radical (unpaired) electrons. The van der Waals surface area contributed by atoms with Gasteiger partial charge in [-0.2, -0.15) is 0 Å². The second-order valence-electron chi connectivity index (χ2n) is 6.49. The van der Waals surface area contributed by atoms with Crippen LogP contribution in [-0.4, -0.2) is 52.7 Å². The van der Waals surface area contributed by atoms with E-state index in [2.05, 4.69) is 9.97 Å². The Hall–Kier alpha value is -1.99. The Balaban J connectivity index is 2.17. The third-order valence-corrected chi connectivity index (χ3v) is 3.51. The second kappa shape index (κ2) is 6.25. The quantitative estimate of drug-likeness (QED) is 0.835. The van der Waals surface area contributed by atoms with Crippen molar-refractivity contribution in [3.63, 3.8) is 0 Å². The lowest BCUT2D eigenvalue weighted by molar-refractivity contribution is -0.0772. The molecule has 0 aliphatic carbocycles. The molecule has 6 nitrogen and oxygen atoms in total. The third kappa shape index (κ3) is 4.27. The number of amides is 1. The topological polar surface area (TPSA) is 64.5 Å². The van der Waals surface area contributed by atoms with Crippen LogP contribution in [0.5, 0.6) is 6.01 Å². The van der Waals surface area contributed by atoms with E-state index in [4.69, 9.17) is 9.47 Å². The molecule has 2 rings (SSSR count). The average molecular weight is 329 g/mol. The van der Waals surface area contributed by atoms with E-state index in [1.807, 2.05) is 0 Å². The molecule has 1 saturated heterocycles. The number of likely N-dealkylation sites (tertiary alicyclic amines) is 1. The zero-order valence-corrected chi connectivity index (χ0v) is 13.7. The average Bonchev–Trinajstić information content (AvgIpc) is 2.45. The molecule has 0 saturated carbocycles. The van der Waals surface area contributed by atoms with E-state index in [0.29, 0.717) is 0 Å². The first kappa shape index (κ1) is 17.4. The first-order valence-corrected chi connectivity index (χ1v) is 7.34. The maximum Gasteiger partial charge on any atom is 0.410 e. The first-order chi connectivity index (χ1) is 10.6. The van der Waals surface area contributed by atoms with Crippen LogP contribution in [0.25, 0.3) is 0 Å². The van der Waals surface area contributed by atoms with Crippen LogP contribution in [0.2, 0.25) is 0 Å². The molecule has 0 aromatic carbocycles. The summed E-state index contributed by atoms with van der Waals surface area (Å²) in [7, 11) is 1.40. The fourth-order valence-electron chi connectivity index (χ4n) is 2.36. The summed E-state index contributed by atoms with van der Waals surface area (Å²) in [6.45, 7) is 5.02. The number of methoxy groups -OCH3 is 1. The minimum absolute atomic E-state index is 0.0462. The Morgan fingerprint density at radius 1 is 1.35 bits per heavy atom. The number of alkyl halides is 2. The number of carbonyl (C=O) groups is 1. The van der Waals surface area contributed by atoms with E-state index in [1.54, 1.807) is 20.8 Å². The minimum atomic E-state index is -2.93. The van der Waals surface area contributed by atoms with Crippen LogP contribution < -0.4 is 4.74 Å². The summed E-state index contributed by atoms with van der Waals surface area (Å²) >= 11 is 0. The van der Waals surface area contributed by atoms with Crippen molar-refractivity contribution < 1.29 is 23.0 Å². The molecule has 128 valence electrons. The van der Waals surface area contributed by atoms with Crippen molar-refractivity contribution in [2.75, 3.05) is 20.2 Å². The molecule has 1 aromatic heterocycles. The number of nitrogens with zero attached hydrogens (tertiary/aromatic N) is 3. The van der Waals surface area contributed by atoms with Crippen molar-refractivity contribution in [3.05, 3.63) is 18.0 Å². The molecular formula is C15H21F2N3O3. The molecule has 1 amide bonds. The number of halogens is 2. The van der Waals surface area contributed by atoms with Crippen LogP contribution in [0.1, 0.15) is 38.7 Å². The van der Waals surface area contributed by atoms with Crippen LogP contribution in [0.3, 0.4) is 0 Å². The predicted octanol–water partition coefficient (Wildman–Crippen LogP) is 2.84. The number of aromatic nitrogens is 2. The Bertz CT molecular complexity index is 558. The smallest absolute Gasteiger partial charge is 0.410 e. The maximum atomic E-state index is 14.2. The normalized spacial score (nSPS) is 21.0. The van der Waals surface area contributed by atoms with E-state index < -0.39 is 30.0 Å². The van der Waals surface area contributed by atoms with Gasteiger partial charge >= 0.3 is 12.1 Å². The Morgan fingerprint density at radius 2 is 1.96 bits per heavy atom. The molecular weight excluding hydrogens is 308 g/mol. The van der Waals surface area contributed by atoms with Crippen LogP contribution in [0, 0.1) is 0 Å². The molecule has 8 heteroatoms. The van der Waals surface area contributed by atoms with Crippen LogP contribution in [-0.2, 0) is 4.74 Å². The number of hydrogen-bond acceptors (Lipinski definition) is 5. The fourth-order valence-corrected chi connectivity index (χ4v) is 2.36. The highest BCUT2D eigenvalue weighted by Gasteiger charge is 2.47. The highest BCUT2D eigenvalue weighted by Crippen LogP contribution is 2.40. The highest BCUT2D eigenvalue weighted by atomic mass is 19.3. The molecule has 1 unspecified atom stereocenters. The third-order valence-electron chi connectivity index (χ3n) is 3.51. The van der Waals surface area contributed by atoms with Gasteiger partial charge in [-0.3, -0.25) is 0 Å². The van der Waals surface area contributed by atoms with Gasteiger partial charge in [-0.15, -0.1) is 0 Å². The van der Waals surface area contributed by atoms with Gasteiger partial charge in [-0.05, 0) is 26.3 Å². The van der Waals surface area contributed by atoms with E-state index in [-0.39, 0.29) is 24.7 Å². The minimum Gasteiger partial charge on any atom is -0.467 e. The summed E-state index contributed by atoms with van der Waals surface area (Å²) in [5.74, 6) is -4.11. The van der Waals surface area contributed by atoms with Gasteiger partial charge in [-0.1, -0.05) is 0 Å². The highest BCUT2D eigenvalue weighted by molar-refractivity contribution is 5.68. The van der Waals surface area contributed by atoms with Gasteiger partial charge in [0.15, 0.2) is 0 Å².